The lowest BCUT2D eigenvalue weighted by molar-refractivity contribution is 0.0835. The SMILES string of the molecule is ClC1[CH]CNO1. The molecule has 2 nitrogen and oxygen atoms in total. The van der Waals surface area contributed by atoms with Gasteiger partial charge in [-0.25, -0.2) is 5.48 Å². The van der Waals surface area contributed by atoms with E-state index < -0.39 is 0 Å². The van der Waals surface area contributed by atoms with Gasteiger partial charge in [-0.15, -0.1) is 0 Å². The Labute approximate surface area is 41.4 Å². The van der Waals surface area contributed by atoms with Crippen LogP contribution >= 0.6 is 11.6 Å². The summed E-state index contributed by atoms with van der Waals surface area (Å²) in [6, 6.07) is 0. The molecule has 1 saturated heterocycles. The molecule has 0 aliphatic carbocycles. The normalized spacial score (nSPS) is 34.5. The zero-order valence-electron chi connectivity index (χ0n) is 3.15. The molecule has 0 amide bonds. The molecule has 35 valence electrons. The Morgan fingerprint density at radius 3 is 3.00 bits per heavy atom. The van der Waals surface area contributed by atoms with Gasteiger partial charge in [0, 0.05) is 13.0 Å². The molecular weight excluding hydrogens is 101 g/mol. The molecule has 0 spiro atoms. The van der Waals surface area contributed by atoms with Crippen LogP contribution < -0.4 is 5.48 Å². The third-order valence-electron chi connectivity index (χ3n) is 0.582. The third-order valence-corrected chi connectivity index (χ3v) is 0.850. The molecule has 1 rings (SSSR count). The first-order chi connectivity index (χ1) is 2.89. The minimum absolute atomic E-state index is 0.218. The van der Waals surface area contributed by atoms with Crippen LogP contribution in [0.25, 0.3) is 0 Å². The van der Waals surface area contributed by atoms with Gasteiger partial charge in [-0.1, -0.05) is 11.6 Å². The van der Waals surface area contributed by atoms with Crippen LogP contribution in [-0.4, -0.2) is 12.1 Å². The Hall–Kier alpha value is 0.210. The third kappa shape index (κ3) is 0.834. The van der Waals surface area contributed by atoms with E-state index in [9.17, 15) is 0 Å². The fourth-order valence-electron chi connectivity index (χ4n) is 0.317. The van der Waals surface area contributed by atoms with E-state index in [0.29, 0.717) is 0 Å². The quantitative estimate of drug-likeness (QED) is 0.448. The number of hydrogen-bond donors (Lipinski definition) is 1. The minimum atomic E-state index is -0.218. The van der Waals surface area contributed by atoms with Gasteiger partial charge in [0.2, 0.25) is 0 Å². The van der Waals surface area contributed by atoms with E-state index in [2.05, 4.69) is 10.3 Å². The summed E-state index contributed by atoms with van der Waals surface area (Å²) in [5.41, 5.74) is 2.37. The summed E-state index contributed by atoms with van der Waals surface area (Å²) in [4.78, 5) is 4.61. The molecule has 1 radical (unpaired) electrons. The maximum absolute atomic E-state index is 5.37. The van der Waals surface area contributed by atoms with E-state index in [4.69, 9.17) is 11.6 Å². The highest BCUT2D eigenvalue weighted by molar-refractivity contribution is 6.20. The van der Waals surface area contributed by atoms with Crippen molar-refractivity contribution in [1.29, 1.82) is 0 Å². The number of hydroxylamine groups is 1. The van der Waals surface area contributed by atoms with Gasteiger partial charge in [-0.3, -0.25) is 4.84 Å². The summed E-state index contributed by atoms with van der Waals surface area (Å²) in [6.45, 7) is 0.758. The highest BCUT2D eigenvalue weighted by Gasteiger charge is 2.10. The molecule has 0 bridgehead atoms. The van der Waals surface area contributed by atoms with Crippen molar-refractivity contribution < 1.29 is 4.84 Å². The van der Waals surface area contributed by atoms with Crippen LogP contribution in [-0.2, 0) is 4.84 Å². The van der Waals surface area contributed by atoms with E-state index in [1.807, 2.05) is 6.42 Å². The van der Waals surface area contributed by atoms with Crippen LogP contribution in [0, 0.1) is 6.42 Å². The topological polar surface area (TPSA) is 21.3 Å². The van der Waals surface area contributed by atoms with Gasteiger partial charge < -0.3 is 0 Å². The predicted molar refractivity (Wildman–Crippen MR) is 23.0 cm³/mol. The Morgan fingerprint density at radius 1 is 2.00 bits per heavy atom. The van der Waals surface area contributed by atoms with Gasteiger partial charge in [0.15, 0.2) is 5.56 Å². The van der Waals surface area contributed by atoms with E-state index in [1.54, 1.807) is 0 Å². The van der Waals surface area contributed by atoms with Gasteiger partial charge >= 0.3 is 0 Å². The zero-order valence-corrected chi connectivity index (χ0v) is 3.90. The Bertz CT molecular complexity index is 44.1. The van der Waals surface area contributed by atoms with Crippen molar-refractivity contribution in [2.75, 3.05) is 6.54 Å². The second-order valence-corrected chi connectivity index (χ2v) is 1.48. The highest BCUT2D eigenvalue weighted by Crippen LogP contribution is 2.04. The van der Waals surface area contributed by atoms with Gasteiger partial charge in [0.1, 0.15) is 0 Å². The van der Waals surface area contributed by atoms with Crippen molar-refractivity contribution in [1.82, 2.24) is 5.48 Å². The Balaban J connectivity index is 2.18. The van der Waals surface area contributed by atoms with Crippen LogP contribution in [0.4, 0.5) is 0 Å². The minimum Gasteiger partial charge on any atom is -0.282 e. The summed E-state index contributed by atoms with van der Waals surface area (Å²) in [6.07, 6.45) is 1.83. The maximum atomic E-state index is 5.37. The van der Waals surface area contributed by atoms with Crippen molar-refractivity contribution in [3.05, 3.63) is 6.42 Å². The lowest BCUT2D eigenvalue weighted by atomic mass is 10.5. The van der Waals surface area contributed by atoms with Gasteiger partial charge in [0.25, 0.3) is 0 Å². The molecule has 0 aromatic rings. The van der Waals surface area contributed by atoms with Crippen LogP contribution in [0.5, 0.6) is 0 Å². The fraction of sp³-hybridized carbons (Fsp3) is 0.667. The van der Waals surface area contributed by atoms with Crippen molar-refractivity contribution in [2.24, 2.45) is 0 Å². The molecule has 3 heteroatoms. The monoisotopic (exact) mass is 106 g/mol. The molecule has 1 fully saturated rings. The molecule has 1 aliphatic rings. The lowest BCUT2D eigenvalue weighted by Crippen LogP contribution is -2.03. The molecule has 1 unspecified atom stereocenters. The molecule has 1 heterocycles. The number of rotatable bonds is 0. The van der Waals surface area contributed by atoms with Crippen LogP contribution in [0.3, 0.4) is 0 Å². The van der Waals surface area contributed by atoms with Crippen molar-refractivity contribution >= 4 is 11.6 Å². The first-order valence-electron chi connectivity index (χ1n) is 1.75. The van der Waals surface area contributed by atoms with Crippen molar-refractivity contribution in [3.8, 4) is 0 Å². The van der Waals surface area contributed by atoms with Gasteiger partial charge in [-0.2, -0.15) is 0 Å². The summed E-state index contributed by atoms with van der Waals surface area (Å²) in [5.74, 6) is 0. The summed E-state index contributed by atoms with van der Waals surface area (Å²) in [5, 5.41) is 0. The fourth-order valence-corrected chi connectivity index (χ4v) is 0.469. The molecule has 1 atom stereocenters. The molecule has 1 N–H and O–H groups in total. The molecule has 0 saturated carbocycles. The number of nitrogens with one attached hydrogen (secondary N) is 1. The standard InChI is InChI=1S/C3H5ClNO/c4-3-1-2-5-6-3/h1,3,5H,2H2. The smallest absolute Gasteiger partial charge is 0.157 e. The maximum Gasteiger partial charge on any atom is 0.157 e. The number of halogens is 1. The van der Waals surface area contributed by atoms with Gasteiger partial charge in [-0.05, 0) is 0 Å². The molecule has 0 aromatic carbocycles. The van der Waals surface area contributed by atoms with E-state index >= 15 is 0 Å². The first kappa shape index (κ1) is 4.37. The van der Waals surface area contributed by atoms with Crippen LogP contribution in [0.1, 0.15) is 0 Å². The Morgan fingerprint density at radius 2 is 2.83 bits per heavy atom. The van der Waals surface area contributed by atoms with Crippen LogP contribution in [0.2, 0.25) is 0 Å². The van der Waals surface area contributed by atoms with Crippen molar-refractivity contribution in [2.45, 2.75) is 5.56 Å². The van der Waals surface area contributed by atoms with Crippen molar-refractivity contribution in [3.63, 3.8) is 0 Å². The predicted octanol–water partition coefficient (Wildman–Crippen LogP) is 0.290. The van der Waals surface area contributed by atoms with Gasteiger partial charge in [0.05, 0.1) is 0 Å². The lowest BCUT2D eigenvalue weighted by Gasteiger charge is -1.90. The van der Waals surface area contributed by atoms with Crippen LogP contribution in [0.15, 0.2) is 0 Å². The zero-order chi connectivity index (χ0) is 4.41. The van der Waals surface area contributed by atoms with E-state index in [0.717, 1.165) is 6.54 Å². The molecule has 1 aliphatic heterocycles. The Kier molecular flexibility index (Phi) is 1.29. The van der Waals surface area contributed by atoms with E-state index in [1.165, 1.54) is 0 Å². The van der Waals surface area contributed by atoms with E-state index in [-0.39, 0.29) is 5.56 Å². The largest absolute Gasteiger partial charge is 0.282 e. The number of hydrogen-bond acceptors (Lipinski definition) is 2. The molecule has 6 heavy (non-hydrogen) atoms. The second-order valence-electron chi connectivity index (χ2n) is 1.05. The average molecular weight is 107 g/mol. The first-order valence-corrected chi connectivity index (χ1v) is 2.19. The number of alkyl halides is 1. The summed E-state index contributed by atoms with van der Waals surface area (Å²) < 4.78 is 0. The molecule has 0 aromatic heterocycles. The molecular formula is C3H5ClNO. The average Bonchev–Trinajstić information content (AvgIpc) is 1.86. The summed E-state index contributed by atoms with van der Waals surface area (Å²) >= 11 is 5.37. The second kappa shape index (κ2) is 1.78. The highest BCUT2D eigenvalue weighted by atomic mass is 35.5. The summed E-state index contributed by atoms with van der Waals surface area (Å²) in [7, 11) is 0.